The number of hydrogen-bond donors (Lipinski definition) is 2. The van der Waals surface area contributed by atoms with E-state index in [1.807, 2.05) is 12.3 Å². The highest BCUT2D eigenvalue weighted by molar-refractivity contribution is 4.80. The van der Waals surface area contributed by atoms with Gasteiger partial charge in [-0.25, -0.2) is 0 Å². The molecule has 102 valence electrons. The fraction of sp³-hybridized carbons (Fsp3) is 0.769. The van der Waals surface area contributed by atoms with Gasteiger partial charge in [-0.3, -0.25) is 4.68 Å². The summed E-state index contributed by atoms with van der Waals surface area (Å²) < 4.78 is 7.11. The molecule has 2 N–H and O–H groups in total. The molecule has 2 heterocycles. The van der Waals surface area contributed by atoms with E-state index in [2.05, 4.69) is 17.3 Å². The molecule has 0 radical (unpaired) electrons. The van der Waals surface area contributed by atoms with Crippen molar-refractivity contribution in [3.63, 3.8) is 0 Å². The van der Waals surface area contributed by atoms with Gasteiger partial charge in [-0.15, -0.1) is 0 Å². The average molecular weight is 253 g/mol. The maximum Gasteiger partial charge on any atom is 0.0860 e. The van der Waals surface area contributed by atoms with Crippen LogP contribution in [0, 0.1) is 5.92 Å². The van der Waals surface area contributed by atoms with Gasteiger partial charge in [0.25, 0.3) is 0 Å². The van der Waals surface area contributed by atoms with Crippen molar-refractivity contribution in [2.45, 2.75) is 38.5 Å². The summed E-state index contributed by atoms with van der Waals surface area (Å²) in [5.41, 5.74) is 0. The Morgan fingerprint density at radius 3 is 2.94 bits per heavy atom. The second kappa shape index (κ2) is 6.87. The summed E-state index contributed by atoms with van der Waals surface area (Å²) in [6.07, 6.45) is 5.43. The zero-order valence-corrected chi connectivity index (χ0v) is 11.0. The molecule has 2 atom stereocenters. The van der Waals surface area contributed by atoms with Gasteiger partial charge in [0.05, 0.1) is 12.6 Å². The normalized spacial score (nSPS) is 20.8. The summed E-state index contributed by atoms with van der Waals surface area (Å²) in [6, 6.07) is 2.30. The van der Waals surface area contributed by atoms with Crippen LogP contribution < -0.4 is 5.32 Å². The Morgan fingerprint density at radius 1 is 1.50 bits per heavy atom. The maximum atomic E-state index is 9.92. The van der Waals surface area contributed by atoms with Crippen molar-refractivity contribution in [1.29, 1.82) is 0 Å². The van der Waals surface area contributed by atoms with Crippen LogP contribution in [0.5, 0.6) is 0 Å². The largest absolute Gasteiger partial charge is 0.390 e. The lowest BCUT2D eigenvalue weighted by atomic mass is 9.93. The zero-order valence-electron chi connectivity index (χ0n) is 11.0. The molecule has 1 saturated heterocycles. The van der Waals surface area contributed by atoms with E-state index < -0.39 is 6.10 Å². The monoisotopic (exact) mass is 253 g/mol. The van der Waals surface area contributed by atoms with E-state index in [9.17, 15) is 5.11 Å². The molecule has 1 aliphatic heterocycles. The Morgan fingerprint density at radius 2 is 2.28 bits per heavy atom. The van der Waals surface area contributed by atoms with Crippen molar-refractivity contribution in [3.05, 3.63) is 18.5 Å². The van der Waals surface area contributed by atoms with Crippen molar-refractivity contribution in [2.24, 2.45) is 5.92 Å². The minimum absolute atomic E-state index is 0.396. The Bertz CT molecular complexity index is 323. The molecule has 1 aromatic rings. The van der Waals surface area contributed by atoms with E-state index in [1.54, 1.807) is 10.9 Å². The summed E-state index contributed by atoms with van der Waals surface area (Å²) in [7, 11) is 0. The van der Waals surface area contributed by atoms with E-state index in [1.165, 1.54) is 0 Å². The molecule has 5 nitrogen and oxygen atoms in total. The van der Waals surface area contributed by atoms with E-state index in [-0.39, 0.29) is 0 Å². The van der Waals surface area contributed by atoms with E-state index in [0.29, 0.717) is 25.0 Å². The predicted octanol–water partition coefficient (Wildman–Crippen LogP) is 0.649. The zero-order chi connectivity index (χ0) is 12.8. The summed E-state index contributed by atoms with van der Waals surface area (Å²) in [4.78, 5) is 0. The quantitative estimate of drug-likeness (QED) is 0.781. The number of ether oxygens (including phenoxy) is 1. The first-order chi connectivity index (χ1) is 8.75. The smallest absolute Gasteiger partial charge is 0.0860 e. The van der Waals surface area contributed by atoms with Gasteiger partial charge >= 0.3 is 0 Å². The fourth-order valence-electron chi connectivity index (χ4n) is 2.39. The lowest BCUT2D eigenvalue weighted by Crippen LogP contribution is -2.41. The highest BCUT2D eigenvalue weighted by Crippen LogP contribution is 2.18. The second-order valence-corrected chi connectivity index (χ2v) is 5.03. The van der Waals surface area contributed by atoms with Crippen molar-refractivity contribution < 1.29 is 9.84 Å². The molecule has 1 fully saturated rings. The number of aromatic nitrogens is 2. The first-order valence-electron chi connectivity index (χ1n) is 6.72. The molecule has 0 aliphatic carbocycles. The van der Waals surface area contributed by atoms with Crippen molar-refractivity contribution in [3.8, 4) is 0 Å². The molecule has 1 aliphatic rings. The number of nitrogens with one attached hydrogen (secondary N) is 1. The van der Waals surface area contributed by atoms with Crippen LogP contribution in [0.25, 0.3) is 0 Å². The average Bonchev–Trinajstić information content (AvgIpc) is 2.90. The number of rotatable bonds is 6. The van der Waals surface area contributed by atoms with Crippen LogP contribution >= 0.6 is 0 Å². The lowest BCUT2D eigenvalue weighted by molar-refractivity contribution is 0.0530. The molecule has 0 amide bonds. The minimum atomic E-state index is -0.396. The van der Waals surface area contributed by atoms with Crippen LogP contribution in [0.15, 0.2) is 18.5 Å². The number of hydrogen-bond acceptors (Lipinski definition) is 4. The first kappa shape index (κ1) is 13.5. The molecule has 18 heavy (non-hydrogen) atoms. The van der Waals surface area contributed by atoms with Crippen LogP contribution in [0.2, 0.25) is 0 Å². The summed E-state index contributed by atoms with van der Waals surface area (Å²) in [6.45, 7) is 5.08. The third-order valence-corrected chi connectivity index (χ3v) is 3.61. The Hall–Kier alpha value is -0.910. The van der Waals surface area contributed by atoms with Crippen LogP contribution in [0.4, 0.5) is 0 Å². The Labute approximate surface area is 108 Å². The Kier molecular flexibility index (Phi) is 5.16. The van der Waals surface area contributed by atoms with Crippen molar-refractivity contribution >= 4 is 0 Å². The first-order valence-corrected chi connectivity index (χ1v) is 6.72. The standard InChI is InChI=1S/C13H23N3O2/c1-11(12-3-7-18-8-4-12)14-9-13(17)10-16-6-2-5-15-16/h2,5-6,11-14,17H,3-4,7-10H2,1H3. The highest BCUT2D eigenvalue weighted by Gasteiger charge is 2.20. The van der Waals surface area contributed by atoms with Gasteiger partial charge in [-0.2, -0.15) is 5.10 Å². The molecule has 0 bridgehead atoms. The second-order valence-electron chi connectivity index (χ2n) is 5.03. The molecular weight excluding hydrogens is 230 g/mol. The molecule has 0 saturated carbocycles. The van der Waals surface area contributed by atoms with Crippen LogP contribution in [-0.4, -0.2) is 46.8 Å². The van der Waals surface area contributed by atoms with Gasteiger partial charge in [-0.05, 0) is 31.7 Å². The predicted molar refractivity (Wildman–Crippen MR) is 69.2 cm³/mol. The van der Waals surface area contributed by atoms with E-state index in [4.69, 9.17) is 4.74 Å². The van der Waals surface area contributed by atoms with Gasteiger partial charge in [-0.1, -0.05) is 0 Å². The molecule has 2 rings (SSSR count). The van der Waals surface area contributed by atoms with Gasteiger partial charge in [0.1, 0.15) is 0 Å². The summed E-state index contributed by atoms with van der Waals surface area (Å²) >= 11 is 0. The topological polar surface area (TPSA) is 59.3 Å². The molecule has 1 aromatic heterocycles. The molecule has 0 aromatic carbocycles. The lowest BCUT2D eigenvalue weighted by Gasteiger charge is -2.29. The van der Waals surface area contributed by atoms with Gasteiger partial charge in [0.2, 0.25) is 0 Å². The third-order valence-electron chi connectivity index (χ3n) is 3.61. The summed E-state index contributed by atoms with van der Waals surface area (Å²) in [5, 5.41) is 17.4. The molecular formula is C13H23N3O2. The molecule has 5 heteroatoms. The molecule has 0 spiro atoms. The van der Waals surface area contributed by atoms with Crippen molar-refractivity contribution in [1.82, 2.24) is 15.1 Å². The third kappa shape index (κ3) is 4.08. The Balaban J connectivity index is 1.66. The highest BCUT2D eigenvalue weighted by atomic mass is 16.5. The maximum absolute atomic E-state index is 9.92. The number of aliphatic hydroxyl groups is 1. The van der Waals surface area contributed by atoms with Crippen molar-refractivity contribution in [2.75, 3.05) is 19.8 Å². The number of aliphatic hydroxyl groups excluding tert-OH is 1. The van der Waals surface area contributed by atoms with Gasteiger partial charge in [0.15, 0.2) is 0 Å². The van der Waals surface area contributed by atoms with Crippen LogP contribution in [-0.2, 0) is 11.3 Å². The number of nitrogens with zero attached hydrogens (tertiary/aromatic N) is 2. The van der Waals surface area contributed by atoms with Crippen LogP contribution in [0.3, 0.4) is 0 Å². The SMILES string of the molecule is CC(NCC(O)Cn1cccn1)C1CCOCC1. The van der Waals surface area contributed by atoms with Crippen LogP contribution in [0.1, 0.15) is 19.8 Å². The summed E-state index contributed by atoms with van der Waals surface area (Å²) in [5.74, 6) is 0.663. The van der Waals surface area contributed by atoms with E-state index in [0.717, 1.165) is 26.1 Å². The van der Waals surface area contributed by atoms with Gasteiger partial charge < -0.3 is 15.2 Å². The van der Waals surface area contributed by atoms with E-state index >= 15 is 0 Å². The fourth-order valence-corrected chi connectivity index (χ4v) is 2.39. The van der Waals surface area contributed by atoms with Gasteiger partial charge in [0, 0.05) is 38.2 Å². The molecule has 2 unspecified atom stereocenters. The minimum Gasteiger partial charge on any atom is -0.390 e.